The second-order valence-electron chi connectivity index (χ2n) is 5.53. The molecule has 3 N–H and O–H groups in total. The first-order valence-electron chi connectivity index (χ1n) is 7.35. The number of rotatable bonds is 4. The summed E-state index contributed by atoms with van der Waals surface area (Å²) < 4.78 is 43.5. The first-order chi connectivity index (χ1) is 12.2. The number of carboxylic acids is 1. The van der Waals surface area contributed by atoms with E-state index in [-0.39, 0.29) is 23.6 Å². The number of carbonyl (C=O) groups is 2. The van der Waals surface area contributed by atoms with Gasteiger partial charge in [-0.05, 0) is 18.6 Å². The van der Waals surface area contributed by atoms with Gasteiger partial charge in [0, 0.05) is 6.08 Å². The van der Waals surface area contributed by atoms with Crippen LogP contribution in [0.25, 0.3) is 0 Å². The minimum atomic E-state index is -4.71. The van der Waals surface area contributed by atoms with Crippen LogP contribution in [0.1, 0.15) is 15.9 Å². The molecule has 0 saturated carbocycles. The molecule has 2 aliphatic rings. The van der Waals surface area contributed by atoms with E-state index in [1.54, 1.807) is 19.1 Å². The number of benzene rings is 1. The summed E-state index contributed by atoms with van der Waals surface area (Å²) in [5, 5.41) is 17.8. The van der Waals surface area contributed by atoms with Gasteiger partial charge < -0.3 is 20.5 Å². The molecular weight excluding hydrogens is 357 g/mol. The van der Waals surface area contributed by atoms with Gasteiger partial charge in [-0.3, -0.25) is 4.79 Å². The topological polar surface area (TPSA) is 103 Å². The van der Waals surface area contributed by atoms with Crippen molar-refractivity contribution in [1.29, 1.82) is 0 Å². The van der Waals surface area contributed by atoms with Crippen LogP contribution in [0, 0.1) is 6.92 Å². The summed E-state index contributed by atoms with van der Waals surface area (Å²) in [5.41, 5.74) is 0.641. The van der Waals surface area contributed by atoms with Crippen LogP contribution in [0.15, 0.2) is 35.1 Å². The zero-order valence-electron chi connectivity index (χ0n) is 13.3. The Kier molecular flexibility index (Phi) is 4.22. The molecule has 1 atom stereocenters. The molecule has 3 rings (SSSR count). The van der Waals surface area contributed by atoms with Crippen LogP contribution in [-0.2, 0) is 4.79 Å². The second-order valence-corrected chi connectivity index (χ2v) is 5.53. The Morgan fingerprint density at radius 1 is 1.38 bits per heavy atom. The van der Waals surface area contributed by atoms with Gasteiger partial charge in [0.25, 0.3) is 5.91 Å². The van der Waals surface area contributed by atoms with Gasteiger partial charge in [0.05, 0.1) is 5.70 Å². The Morgan fingerprint density at radius 2 is 2.12 bits per heavy atom. The molecule has 26 heavy (non-hydrogen) atoms. The average molecular weight is 370 g/mol. The number of ether oxygens (including phenoxy) is 1. The molecule has 138 valence electrons. The lowest BCUT2D eigenvalue weighted by molar-refractivity contribution is -0.129. The third kappa shape index (κ3) is 3.27. The van der Waals surface area contributed by atoms with Crippen molar-refractivity contribution in [3.8, 4) is 5.75 Å². The van der Waals surface area contributed by atoms with E-state index in [4.69, 9.17) is 4.74 Å². The average Bonchev–Trinajstić information content (AvgIpc) is 2.97. The van der Waals surface area contributed by atoms with Crippen LogP contribution >= 0.6 is 0 Å². The maximum atomic E-state index is 12.7. The van der Waals surface area contributed by atoms with Crippen molar-refractivity contribution < 1.29 is 32.6 Å². The summed E-state index contributed by atoms with van der Waals surface area (Å²) in [5.74, 6) is -3.14. The third-order valence-corrected chi connectivity index (χ3v) is 3.67. The van der Waals surface area contributed by atoms with Crippen molar-refractivity contribution in [2.45, 2.75) is 19.4 Å². The highest BCUT2D eigenvalue weighted by Gasteiger charge is 2.45. The second kappa shape index (κ2) is 6.24. The fourth-order valence-corrected chi connectivity index (χ4v) is 2.50. The summed E-state index contributed by atoms with van der Waals surface area (Å²) in [6, 6.07) is 4.66. The molecule has 0 aromatic heterocycles. The number of carboxylic acid groups (broad SMARTS) is 1. The first-order valence-corrected chi connectivity index (χ1v) is 7.35. The van der Waals surface area contributed by atoms with Crippen LogP contribution in [-0.4, -0.2) is 46.9 Å². The first kappa shape index (κ1) is 17.6. The number of amidine groups is 1. The van der Waals surface area contributed by atoms with E-state index in [9.17, 15) is 27.9 Å². The Labute approximate surface area is 144 Å². The molecule has 0 bridgehead atoms. The number of alkyl halides is 3. The zero-order valence-corrected chi connectivity index (χ0v) is 13.3. The van der Waals surface area contributed by atoms with Crippen LogP contribution in [0.5, 0.6) is 5.75 Å². The minimum Gasteiger partial charge on any atom is -0.486 e. The van der Waals surface area contributed by atoms with E-state index in [1.807, 2.05) is 0 Å². The van der Waals surface area contributed by atoms with Crippen molar-refractivity contribution in [1.82, 2.24) is 15.6 Å². The van der Waals surface area contributed by atoms with Gasteiger partial charge in [0.2, 0.25) is 12.1 Å². The van der Waals surface area contributed by atoms with Crippen LogP contribution in [0.2, 0.25) is 0 Å². The number of hydrogen-bond acceptors (Lipinski definition) is 6. The van der Waals surface area contributed by atoms with Crippen molar-refractivity contribution in [3.05, 3.63) is 41.1 Å². The van der Waals surface area contributed by atoms with Gasteiger partial charge in [-0.1, -0.05) is 12.1 Å². The number of nitrogens with one attached hydrogen (secondary N) is 2. The standard InChI is InChI=1S/C15H13F3N4O4/c1-7-3-2-4-9(11(7)12(24)25)26-6-8-5-10(23)22-14(19-8)20-13(21-22)15(16,17)18/h2-5,14,19H,6H2,1H3,(H,20,21)(H,24,25). The third-order valence-electron chi connectivity index (χ3n) is 3.67. The van der Waals surface area contributed by atoms with Crippen LogP contribution < -0.4 is 15.4 Å². The summed E-state index contributed by atoms with van der Waals surface area (Å²) >= 11 is 0. The quantitative estimate of drug-likeness (QED) is 0.735. The predicted molar refractivity (Wildman–Crippen MR) is 82.1 cm³/mol. The van der Waals surface area contributed by atoms with Gasteiger partial charge in [0.15, 0.2) is 0 Å². The Balaban J connectivity index is 1.71. The molecule has 0 spiro atoms. The van der Waals surface area contributed by atoms with Crippen molar-refractivity contribution >= 4 is 17.7 Å². The number of halogens is 3. The van der Waals surface area contributed by atoms with Gasteiger partial charge in [-0.15, -0.1) is 5.10 Å². The smallest absolute Gasteiger partial charge is 0.451 e. The molecule has 1 aromatic carbocycles. The molecule has 2 heterocycles. The lowest BCUT2D eigenvalue weighted by atomic mass is 10.1. The fraction of sp³-hybridized carbons (Fsp3) is 0.267. The SMILES string of the molecule is Cc1cccc(OCC2=CC(=O)N3N=C(C(F)(F)F)NC3N2)c1C(=O)O. The number of amides is 1. The molecule has 0 aliphatic carbocycles. The monoisotopic (exact) mass is 370 g/mol. The molecule has 0 saturated heterocycles. The van der Waals surface area contributed by atoms with Crippen LogP contribution in [0.4, 0.5) is 13.2 Å². The molecule has 1 aromatic rings. The number of fused-ring (bicyclic) bond motifs is 1. The lowest BCUT2D eigenvalue weighted by Crippen LogP contribution is -2.55. The number of nitrogens with zero attached hydrogens (tertiary/aromatic N) is 2. The van der Waals surface area contributed by atoms with Gasteiger partial charge in [0.1, 0.15) is 17.9 Å². The summed E-state index contributed by atoms with van der Waals surface area (Å²) in [7, 11) is 0. The maximum absolute atomic E-state index is 12.7. The molecule has 11 heteroatoms. The summed E-state index contributed by atoms with van der Waals surface area (Å²) in [6.07, 6.45) is -4.87. The highest BCUT2D eigenvalue weighted by molar-refractivity contribution is 5.96. The van der Waals surface area contributed by atoms with Crippen molar-refractivity contribution in [2.75, 3.05) is 6.61 Å². The van der Waals surface area contributed by atoms with Gasteiger partial charge in [-0.25, -0.2) is 4.79 Å². The van der Waals surface area contributed by atoms with E-state index in [2.05, 4.69) is 15.7 Å². The molecule has 0 radical (unpaired) electrons. The minimum absolute atomic E-state index is 0.0291. The molecule has 1 unspecified atom stereocenters. The Morgan fingerprint density at radius 3 is 2.77 bits per heavy atom. The molecule has 2 aliphatic heterocycles. The van der Waals surface area contributed by atoms with E-state index in [0.29, 0.717) is 10.6 Å². The number of carbonyl (C=O) groups excluding carboxylic acids is 1. The van der Waals surface area contributed by atoms with E-state index in [0.717, 1.165) is 6.08 Å². The van der Waals surface area contributed by atoms with Crippen molar-refractivity contribution in [3.63, 3.8) is 0 Å². The molecular formula is C15H13F3N4O4. The largest absolute Gasteiger partial charge is 0.486 e. The van der Waals surface area contributed by atoms with Crippen molar-refractivity contribution in [2.24, 2.45) is 5.10 Å². The van der Waals surface area contributed by atoms with E-state index >= 15 is 0 Å². The number of hydrogen-bond donors (Lipinski definition) is 3. The number of aromatic carboxylic acids is 1. The van der Waals surface area contributed by atoms with E-state index < -0.39 is 30.2 Å². The molecule has 1 amide bonds. The lowest BCUT2D eigenvalue weighted by Gasteiger charge is -2.28. The number of aryl methyl sites for hydroxylation is 1. The molecule has 8 nitrogen and oxygen atoms in total. The summed E-state index contributed by atoms with van der Waals surface area (Å²) in [4.78, 5) is 23.3. The van der Waals surface area contributed by atoms with Gasteiger partial charge in [-0.2, -0.15) is 18.2 Å². The van der Waals surface area contributed by atoms with Gasteiger partial charge >= 0.3 is 12.1 Å². The highest BCUT2D eigenvalue weighted by atomic mass is 19.4. The Hall–Kier alpha value is -3.24. The van der Waals surface area contributed by atoms with E-state index in [1.165, 1.54) is 6.07 Å². The van der Waals surface area contributed by atoms with Crippen LogP contribution in [0.3, 0.4) is 0 Å². The fourth-order valence-electron chi connectivity index (χ4n) is 2.50. The highest BCUT2D eigenvalue weighted by Crippen LogP contribution is 2.24. The summed E-state index contributed by atoms with van der Waals surface area (Å²) in [6.45, 7) is 1.37. The predicted octanol–water partition coefficient (Wildman–Crippen LogP) is 1.15. The normalized spacial score (nSPS) is 19.2. The number of hydrazone groups is 1. The maximum Gasteiger partial charge on any atom is 0.451 e. The Bertz CT molecular complexity index is 835. The molecule has 0 fully saturated rings. The zero-order chi connectivity index (χ0) is 19.1.